The predicted molar refractivity (Wildman–Crippen MR) is 75.2 cm³/mol. The summed E-state index contributed by atoms with van der Waals surface area (Å²) < 4.78 is 0.540. The van der Waals surface area contributed by atoms with Crippen molar-refractivity contribution in [2.45, 2.75) is 12.8 Å². The summed E-state index contributed by atoms with van der Waals surface area (Å²) in [4.78, 5) is 24.3. The first kappa shape index (κ1) is 13.9. The lowest BCUT2D eigenvalue weighted by Crippen LogP contribution is -2.41. The molecule has 1 fully saturated rings. The molecule has 1 aromatic rings. The van der Waals surface area contributed by atoms with Crippen molar-refractivity contribution < 1.29 is 14.7 Å². The number of nitrogens with zero attached hydrogens (tertiary/aromatic N) is 1. The fourth-order valence-corrected chi connectivity index (χ4v) is 2.85. The van der Waals surface area contributed by atoms with Gasteiger partial charge in [0.25, 0.3) is 0 Å². The van der Waals surface area contributed by atoms with Crippen molar-refractivity contribution in [2.75, 3.05) is 18.0 Å². The molecule has 102 valence electrons. The fraction of sp³-hybridized carbons (Fsp3) is 0.385. The molecule has 1 aliphatic heterocycles. The number of hydrogen-bond acceptors (Lipinski definition) is 3. The van der Waals surface area contributed by atoms with Crippen molar-refractivity contribution in [3.05, 3.63) is 28.2 Å². The largest absolute Gasteiger partial charge is 0.478 e. The number of aromatic carboxylic acids is 1. The van der Waals surface area contributed by atoms with Gasteiger partial charge >= 0.3 is 5.97 Å². The van der Waals surface area contributed by atoms with E-state index in [9.17, 15) is 9.59 Å². The van der Waals surface area contributed by atoms with Gasteiger partial charge in [0, 0.05) is 23.2 Å². The average Bonchev–Trinajstić information content (AvgIpc) is 2.38. The summed E-state index contributed by atoms with van der Waals surface area (Å²) in [5.74, 6) is -1.37. The molecule has 1 saturated heterocycles. The highest BCUT2D eigenvalue weighted by atomic mass is 79.9. The number of primary amides is 1. The van der Waals surface area contributed by atoms with Gasteiger partial charge in [0.15, 0.2) is 0 Å². The number of hydrogen-bond donors (Lipinski definition) is 2. The molecule has 3 N–H and O–H groups in total. The first-order valence-corrected chi connectivity index (χ1v) is 6.85. The molecule has 5 nitrogen and oxygen atoms in total. The van der Waals surface area contributed by atoms with Crippen LogP contribution in [0.15, 0.2) is 22.7 Å². The minimum atomic E-state index is -0.966. The summed E-state index contributed by atoms with van der Waals surface area (Å²) in [7, 11) is 0. The normalized spacial score (nSPS) is 19.2. The maximum Gasteiger partial charge on any atom is 0.336 e. The Morgan fingerprint density at radius 3 is 2.74 bits per heavy atom. The number of piperidine rings is 1. The Bertz CT molecular complexity index is 519. The minimum absolute atomic E-state index is 0.133. The molecule has 0 radical (unpaired) electrons. The smallest absolute Gasteiger partial charge is 0.336 e. The quantitative estimate of drug-likeness (QED) is 0.887. The summed E-state index contributed by atoms with van der Waals surface area (Å²) in [6.07, 6.45) is 1.73. The molecule has 1 amide bonds. The number of halogens is 1. The third kappa shape index (κ3) is 3.07. The van der Waals surface area contributed by atoms with Crippen molar-refractivity contribution in [3.63, 3.8) is 0 Å². The molecule has 2 rings (SSSR count). The predicted octanol–water partition coefficient (Wildman–Crippen LogP) is 1.85. The van der Waals surface area contributed by atoms with E-state index in [1.807, 2.05) is 0 Å². The van der Waals surface area contributed by atoms with E-state index >= 15 is 0 Å². The second-order valence-electron chi connectivity index (χ2n) is 4.66. The summed E-state index contributed by atoms with van der Waals surface area (Å²) in [6, 6.07) is 5.10. The van der Waals surface area contributed by atoms with Crippen LogP contribution in [0.25, 0.3) is 0 Å². The standard InChI is InChI=1S/C13H15BrN2O3/c14-11-6-9(3-4-10(11)13(18)19)16-5-1-2-8(7-16)12(15)17/h3-4,6,8H,1-2,5,7H2,(H2,15,17)(H,18,19). The third-order valence-corrected chi connectivity index (χ3v) is 4.03. The molecule has 0 spiro atoms. The lowest BCUT2D eigenvalue weighted by molar-refractivity contribution is -0.122. The van der Waals surface area contributed by atoms with E-state index in [1.54, 1.807) is 18.2 Å². The topological polar surface area (TPSA) is 83.6 Å². The van der Waals surface area contributed by atoms with Gasteiger partial charge in [-0.1, -0.05) is 0 Å². The van der Waals surface area contributed by atoms with Gasteiger partial charge < -0.3 is 15.7 Å². The molecule has 19 heavy (non-hydrogen) atoms. The Kier molecular flexibility index (Phi) is 4.09. The van der Waals surface area contributed by atoms with Crippen LogP contribution >= 0.6 is 15.9 Å². The number of carbonyl (C=O) groups excluding carboxylic acids is 1. The Balaban J connectivity index is 2.20. The zero-order valence-electron chi connectivity index (χ0n) is 10.3. The lowest BCUT2D eigenvalue weighted by atomic mass is 9.97. The van der Waals surface area contributed by atoms with Crippen LogP contribution in [0.3, 0.4) is 0 Å². The average molecular weight is 327 g/mol. The fourth-order valence-electron chi connectivity index (χ4n) is 2.32. The summed E-state index contributed by atoms with van der Waals surface area (Å²) in [5.41, 5.74) is 6.48. The first-order valence-electron chi connectivity index (χ1n) is 6.06. The number of anilines is 1. The number of nitrogens with two attached hydrogens (primary N) is 1. The molecule has 0 aromatic heterocycles. The Morgan fingerprint density at radius 1 is 1.42 bits per heavy atom. The second-order valence-corrected chi connectivity index (χ2v) is 5.51. The van der Waals surface area contributed by atoms with E-state index in [2.05, 4.69) is 20.8 Å². The van der Waals surface area contributed by atoms with Gasteiger partial charge in [-0.25, -0.2) is 4.79 Å². The molecule has 6 heteroatoms. The van der Waals surface area contributed by atoms with Crippen LogP contribution in [0, 0.1) is 5.92 Å². The molecule has 1 heterocycles. The van der Waals surface area contributed by atoms with Gasteiger partial charge in [0.1, 0.15) is 0 Å². The molecule has 1 aromatic carbocycles. The number of carbonyl (C=O) groups is 2. The number of rotatable bonds is 3. The Morgan fingerprint density at radius 2 is 2.16 bits per heavy atom. The van der Waals surface area contributed by atoms with E-state index in [4.69, 9.17) is 10.8 Å². The van der Waals surface area contributed by atoms with Crippen LogP contribution in [0.5, 0.6) is 0 Å². The number of carboxylic acids is 1. The van der Waals surface area contributed by atoms with Crippen molar-refractivity contribution in [3.8, 4) is 0 Å². The lowest BCUT2D eigenvalue weighted by Gasteiger charge is -2.33. The second kappa shape index (κ2) is 5.61. The maximum atomic E-state index is 11.3. The van der Waals surface area contributed by atoms with Gasteiger partial charge in [0.2, 0.25) is 5.91 Å². The van der Waals surface area contributed by atoms with Crippen LogP contribution in [-0.2, 0) is 4.79 Å². The van der Waals surface area contributed by atoms with Crippen LogP contribution in [-0.4, -0.2) is 30.1 Å². The summed E-state index contributed by atoms with van der Waals surface area (Å²) in [6.45, 7) is 1.44. The van der Waals surface area contributed by atoms with E-state index in [0.29, 0.717) is 11.0 Å². The van der Waals surface area contributed by atoms with Gasteiger partial charge in [-0.3, -0.25) is 4.79 Å². The zero-order chi connectivity index (χ0) is 14.0. The van der Waals surface area contributed by atoms with Crippen molar-refractivity contribution in [1.82, 2.24) is 0 Å². The number of benzene rings is 1. The zero-order valence-corrected chi connectivity index (χ0v) is 11.9. The monoisotopic (exact) mass is 326 g/mol. The van der Waals surface area contributed by atoms with Gasteiger partial charge in [-0.05, 0) is 47.0 Å². The van der Waals surface area contributed by atoms with E-state index in [1.165, 1.54) is 0 Å². The minimum Gasteiger partial charge on any atom is -0.478 e. The van der Waals surface area contributed by atoms with Crippen LogP contribution in [0.1, 0.15) is 23.2 Å². The number of carboxylic acid groups (broad SMARTS) is 1. The molecule has 1 aliphatic rings. The maximum absolute atomic E-state index is 11.3. The highest BCUT2D eigenvalue weighted by molar-refractivity contribution is 9.10. The van der Waals surface area contributed by atoms with Gasteiger partial charge in [0.05, 0.1) is 11.5 Å². The Hall–Kier alpha value is -1.56. The van der Waals surface area contributed by atoms with Crippen LogP contribution in [0.2, 0.25) is 0 Å². The molecule has 0 bridgehead atoms. The highest BCUT2D eigenvalue weighted by Crippen LogP contribution is 2.27. The molecular weight excluding hydrogens is 312 g/mol. The molecule has 1 unspecified atom stereocenters. The highest BCUT2D eigenvalue weighted by Gasteiger charge is 2.24. The van der Waals surface area contributed by atoms with Gasteiger partial charge in [-0.15, -0.1) is 0 Å². The Labute approximate surface area is 119 Å². The molecule has 0 aliphatic carbocycles. The van der Waals surface area contributed by atoms with Crippen LogP contribution in [0.4, 0.5) is 5.69 Å². The van der Waals surface area contributed by atoms with Gasteiger partial charge in [-0.2, -0.15) is 0 Å². The first-order chi connectivity index (χ1) is 8.99. The summed E-state index contributed by atoms with van der Waals surface area (Å²) in [5, 5.41) is 8.98. The summed E-state index contributed by atoms with van der Waals surface area (Å²) >= 11 is 3.26. The van der Waals surface area contributed by atoms with Crippen molar-refractivity contribution >= 4 is 33.5 Å². The third-order valence-electron chi connectivity index (χ3n) is 3.37. The van der Waals surface area contributed by atoms with Crippen LogP contribution < -0.4 is 10.6 Å². The van der Waals surface area contributed by atoms with Crippen molar-refractivity contribution in [2.24, 2.45) is 11.7 Å². The SMILES string of the molecule is NC(=O)C1CCCN(c2ccc(C(=O)O)c(Br)c2)C1. The molecule has 0 saturated carbocycles. The molecule has 1 atom stereocenters. The van der Waals surface area contributed by atoms with E-state index < -0.39 is 5.97 Å². The van der Waals surface area contributed by atoms with E-state index in [-0.39, 0.29) is 17.4 Å². The number of amides is 1. The molecular formula is C13H15BrN2O3. The van der Waals surface area contributed by atoms with Crippen molar-refractivity contribution in [1.29, 1.82) is 0 Å². The van der Waals surface area contributed by atoms with E-state index in [0.717, 1.165) is 25.1 Å².